The minimum absolute atomic E-state index is 0.00390. The summed E-state index contributed by atoms with van der Waals surface area (Å²) in [5.74, 6) is -0.00390. The predicted molar refractivity (Wildman–Crippen MR) is 99.8 cm³/mol. The van der Waals surface area contributed by atoms with Gasteiger partial charge in [-0.05, 0) is 38.9 Å². The molecule has 0 atom stereocenters. The first-order chi connectivity index (χ1) is 11.2. The Morgan fingerprint density at radius 3 is 1.87 bits per heavy atom. The molecule has 0 aliphatic rings. The van der Waals surface area contributed by atoms with Gasteiger partial charge in [-0.2, -0.15) is 0 Å². The second-order valence-corrected chi connectivity index (χ2v) is 6.53. The minimum Gasteiger partial charge on any atom is -0.466 e. The average Bonchev–Trinajstić information content (AvgIpc) is 2.56. The van der Waals surface area contributed by atoms with E-state index < -0.39 is 0 Å². The number of nitrogens with zero attached hydrogens (tertiary/aromatic N) is 1. The zero-order valence-corrected chi connectivity index (χ0v) is 16.1. The Hall–Kier alpha value is -0.570. The Balaban J connectivity index is 3.25. The van der Waals surface area contributed by atoms with E-state index in [1.165, 1.54) is 51.4 Å². The molecular weight excluding hydrogens is 286 g/mol. The third-order valence-corrected chi connectivity index (χ3v) is 4.51. The molecule has 0 radical (unpaired) electrons. The molecular formula is C20H41NO2. The molecule has 0 N–H and O–H groups in total. The Labute approximate surface area is 145 Å². The van der Waals surface area contributed by atoms with Gasteiger partial charge < -0.3 is 9.64 Å². The van der Waals surface area contributed by atoms with Crippen LogP contribution < -0.4 is 0 Å². The maximum absolute atomic E-state index is 11.6. The van der Waals surface area contributed by atoms with E-state index in [1.807, 2.05) is 0 Å². The molecule has 0 aromatic heterocycles. The molecule has 0 amide bonds. The van der Waals surface area contributed by atoms with Crippen LogP contribution in [0.2, 0.25) is 0 Å². The Bertz CT molecular complexity index is 252. The minimum atomic E-state index is -0.00390. The predicted octanol–water partition coefficient (Wildman–Crippen LogP) is 5.57. The summed E-state index contributed by atoms with van der Waals surface area (Å²) in [6.07, 6.45) is 14.3. The van der Waals surface area contributed by atoms with Gasteiger partial charge in [0, 0.05) is 6.42 Å². The molecule has 0 aromatic rings. The molecule has 0 aliphatic heterocycles. The average molecular weight is 328 g/mol. The summed E-state index contributed by atoms with van der Waals surface area (Å²) in [4.78, 5) is 14.0. The summed E-state index contributed by atoms with van der Waals surface area (Å²) in [5, 5.41) is 0. The van der Waals surface area contributed by atoms with E-state index in [0.717, 1.165) is 38.9 Å². The van der Waals surface area contributed by atoms with Crippen molar-refractivity contribution < 1.29 is 9.53 Å². The third kappa shape index (κ3) is 16.1. The first kappa shape index (κ1) is 22.4. The van der Waals surface area contributed by atoms with Crippen LogP contribution in [0.4, 0.5) is 0 Å². The molecule has 0 aliphatic carbocycles. The lowest BCUT2D eigenvalue weighted by molar-refractivity contribution is -0.143. The number of hydrogen-bond donors (Lipinski definition) is 0. The zero-order chi connectivity index (χ0) is 17.2. The second kappa shape index (κ2) is 17.8. The summed E-state index contributed by atoms with van der Waals surface area (Å²) in [5.41, 5.74) is 0. The van der Waals surface area contributed by atoms with Crippen LogP contribution in [-0.4, -0.2) is 37.1 Å². The third-order valence-electron chi connectivity index (χ3n) is 4.51. The number of hydrogen-bond acceptors (Lipinski definition) is 3. The molecule has 0 heterocycles. The van der Waals surface area contributed by atoms with Gasteiger partial charge >= 0.3 is 5.97 Å². The molecule has 0 saturated carbocycles. The summed E-state index contributed by atoms with van der Waals surface area (Å²) in [6.45, 7) is 10.6. The summed E-state index contributed by atoms with van der Waals surface area (Å²) >= 11 is 0. The lowest BCUT2D eigenvalue weighted by Crippen LogP contribution is -2.24. The highest BCUT2D eigenvalue weighted by atomic mass is 16.5. The van der Waals surface area contributed by atoms with Crippen molar-refractivity contribution in [1.82, 2.24) is 4.90 Å². The first-order valence-corrected chi connectivity index (χ1v) is 10.1. The quantitative estimate of drug-likeness (QED) is 0.258. The standard InChI is InChI=1S/C20H41NO2/c1-4-7-8-9-10-11-12-13-14-17-20(22)23-19-16-15-18-21(5-2)6-3/h4-19H2,1-3H3. The van der Waals surface area contributed by atoms with E-state index in [0.29, 0.717) is 13.0 Å². The van der Waals surface area contributed by atoms with Gasteiger partial charge in [0.2, 0.25) is 0 Å². The molecule has 0 fully saturated rings. The van der Waals surface area contributed by atoms with Gasteiger partial charge in [-0.15, -0.1) is 0 Å². The van der Waals surface area contributed by atoms with Gasteiger partial charge in [0.05, 0.1) is 6.61 Å². The largest absolute Gasteiger partial charge is 0.466 e. The molecule has 3 heteroatoms. The van der Waals surface area contributed by atoms with Gasteiger partial charge in [-0.25, -0.2) is 0 Å². The highest BCUT2D eigenvalue weighted by Gasteiger charge is 2.03. The van der Waals surface area contributed by atoms with E-state index in [9.17, 15) is 4.79 Å². The second-order valence-electron chi connectivity index (χ2n) is 6.53. The van der Waals surface area contributed by atoms with Crippen LogP contribution in [-0.2, 0) is 9.53 Å². The molecule has 0 aromatic carbocycles. The van der Waals surface area contributed by atoms with Gasteiger partial charge in [-0.1, -0.05) is 72.1 Å². The fourth-order valence-electron chi connectivity index (χ4n) is 2.82. The lowest BCUT2D eigenvalue weighted by atomic mass is 10.1. The van der Waals surface area contributed by atoms with E-state index in [4.69, 9.17) is 4.74 Å². The van der Waals surface area contributed by atoms with E-state index in [-0.39, 0.29) is 5.97 Å². The molecule has 0 bridgehead atoms. The van der Waals surface area contributed by atoms with Crippen molar-refractivity contribution >= 4 is 5.97 Å². The van der Waals surface area contributed by atoms with Crippen LogP contribution in [0.5, 0.6) is 0 Å². The summed E-state index contributed by atoms with van der Waals surface area (Å²) in [7, 11) is 0. The van der Waals surface area contributed by atoms with Crippen molar-refractivity contribution in [2.24, 2.45) is 0 Å². The van der Waals surface area contributed by atoms with Crippen molar-refractivity contribution in [2.75, 3.05) is 26.2 Å². The van der Waals surface area contributed by atoms with Crippen LogP contribution in [0.3, 0.4) is 0 Å². The first-order valence-electron chi connectivity index (χ1n) is 10.1. The monoisotopic (exact) mass is 327 g/mol. The van der Waals surface area contributed by atoms with Crippen molar-refractivity contribution in [1.29, 1.82) is 0 Å². The number of carbonyl (C=O) groups excluding carboxylic acids is 1. The topological polar surface area (TPSA) is 29.5 Å². The van der Waals surface area contributed by atoms with Crippen molar-refractivity contribution in [3.8, 4) is 0 Å². The zero-order valence-electron chi connectivity index (χ0n) is 16.1. The maximum Gasteiger partial charge on any atom is 0.305 e. The lowest BCUT2D eigenvalue weighted by Gasteiger charge is -2.17. The normalized spacial score (nSPS) is 11.1. The van der Waals surface area contributed by atoms with E-state index in [2.05, 4.69) is 25.7 Å². The molecule has 138 valence electrons. The number of unbranched alkanes of at least 4 members (excludes halogenated alkanes) is 9. The molecule has 3 nitrogen and oxygen atoms in total. The smallest absolute Gasteiger partial charge is 0.305 e. The van der Waals surface area contributed by atoms with E-state index in [1.54, 1.807) is 0 Å². The van der Waals surface area contributed by atoms with Crippen LogP contribution in [0.15, 0.2) is 0 Å². The van der Waals surface area contributed by atoms with Crippen molar-refractivity contribution in [3.63, 3.8) is 0 Å². The van der Waals surface area contributed by atoms with E-state index >= 15 is 0 Å². The van der Waals surface area contributed by atoms with Crippen LogP contribution in [0.1, 0.15) is 97.8 Å². The maximum atomic E-state index is 11.6. The van der Waals surface area contributed by atoms with Crippen molar-refractivity contribution in [2.45, 2.75) is 97.8 Å². The highest BCUT2D eigenvalue weighted by molar-refractivity contribution is 5.69. The van der Waals surface area contributed by atoms with Gasteiger partial charge in [0.1, 0.15) is 0 Å². The van der Waals surface area contributed by atoms with Gasteiger partial charge in [0.15, 0.2) is 0 Å². The SMILES string of the molecule is CCCCCCCCCCCC(=O)OCCCCN(CC)CC. The number of ether oxygens (including phenoxy) is 1. The molecule has 0 unspecified atom stereocenters. The fourth-order valence-corrected chi connectivity index (χ4v) is 2.82. The Morgan fingerprint density at radius 2 is 1.30 bits per heavy atom. The summed E-state index contributed by atoms with van der Waals surface area (Å²) < 4.78 is 5.31. The number of rotatable bonds is 17. The molecule has 23 heavy (non-hydrogen) atoms. The van der Waals surface area contributed by atoms with Crippen LogP contribution in [0.25, 0.3) is 0 Å². The van der Waals surface area contributed by atoms with Crippen LogP contribution >= 0.6 is 0 Å². The Kier molecular flexibility index (Phi) is 17.3. The number of carbonyl (C=O) groups is 1. The van der Waals surface area contributed by atoms with Crippen molar-refractivity contribution in [3.05, 3.63) is 0 Å². The van der Waals surface area contributed by atoms with Gasteiger partial charge in [-0.3, -0.25) is 4.79 Å². The Morgan fingerprint density at radius 1 is 0.739 bits per heavy atom. The summed E-state index contributed by atoms with van der Waals surface area (Å²) in [6, 6.07) is 0. The molecule has 0 saturated heterocycles. The molecule has 0 rings (SSSR count). The fraction of sp³-hybridized carbons (Fsp3) is 0.950. The molecule has 0 spiro atoms. The van der Waals surface area contributed by atoms with Gasteiger partial charge in [0.25, 0.3) is 0 Å². The van der Waals surface area contributed by atoms with Crippen LogP contribution in [0, 0.1) is 0 Å². The number of esters is 1. The highest BCUT2D eigenvalue weighted by Crippen LogP contribution is 2.10.